The molecule has 0 bridgehead atoms. The molecule has 144 valence electrons. The molecule has 0 saturated carbocycles. The molecule has 0 aromatic heterocycles. The van der Waals surface area contributed by atoms with Crippen LogP contribution in [-0.2, 0) is 16.1 Å². The fraction of sp³-hybridized carbons (Fsp3) is 0.381. The summed E-state index contributed by atoms with van der Waals surface area (Å²) in [4.78, 5) is 11.3. The van der Waals surface area contributed by atoms with E-state index in [1.54, 1.807) is 0 Å². The first-order valence-electron chi connectivity index (χ1n) is 8.94. The van der Waals surface area contributed by atoms with Gasteiger partial charge in [0.1, 0.15) is 11.5 Å². The monoisotopic (exact) mass is 389 g/mol. The minimum Gasteiger partial charge on any atom is -0.492 e. The summed E-state index contributed by atoms with van der Waals surface area (Å²) in [5.74, 6) is 1.12. The Morgan fingerprint density at radius 3 is 2.74 bits per heavy atom. The van der Waals surface area contributed by atoms with E-state index < -0.39 is 5.97 Å². The number of ether oxygens (including phenoxy) is 3. The Morgan fingerprint density at radius 1 is 1.30 bits per heavy atom. The number of hydrogen-bond acceptors (Lipinski definition) is 5. The quantitative estimate of drug-likeness (QED) is 0.753. The van der Waals surface area contributed by atoms with Crippen LogP contribution in [0.25, 0.3) is 0 Å². The Morgan fingerprint density at radius 2 is 2.04 bits per heavy atom. The second-order valence-corrected chi connectivity index (χ2v) is 7.06. The summed E-state index contributed by atoms with van der Waals surface area (Å²) in [6.45, 7) is 5.23. The largest absolute Gasteiger partial charge is 0.492 e. The number of esters is 1. The van der Waals surface area contributed by atoms with Gasteiger partial charge in [-0.2, -0.15) is 0 Å². The van der Waals surface area contributed by atoms with Gasteiger partial charge in [-0.15, -0.1) is 0 Å². The van der Waals surface area contributed by atoms with E-state index in [-0.39, 0.29) is 12.6 Å². The van der Waals surface area contributed by atoms with Gasteiger partial charge in [0.2, 0.25) is 0 Å². The first kappa shape index (κ1) is 19.5. The first-order chi connectivity index (χ1) is 13.0. The maximum absolute atomic E-state index is 11.3. The molecule has 1 unspecified atom stereocenters. The molecule has 1 heterocycles. The van der Waals surface area contributed by atoms with Gasteiger partial charge >= 0.3 is 5.97 Å². The number of methoxy groups -OCH3 is 1. The van der Waals surface area contributed by atoms with Crippen molar-refractivity contribution in [1.82, 2.24) is 5.32 Å². The van der Waals surface area contributed by atoms with Crippen molar-refractivity contribution in [1.29, 1.82) is 0 Å². The lowest BCUT2D eigenvalue weighted by atomic mass is 9.99. The maximum atomic E-state index is 11.3. The van der Waals surface area contributed by atoms with E-state index >= 15 is 0 Å². The van der Waals surface area contributed by atoms with Crippen LogP contribution in [-0.4, -0.2) is 26.3 Å². The molecular weight excluding hydrogens is 366 g/mol. The van der Waals surface area contributed by atoms with Gasteiger partial charge in [-0.1, -0.05) is 35.9 Å². The van der Waals surface area contributed by atoms with Crippen molar-refractivity contribution < 1.29 is 19.0 Å². The van der Waals surface area contributed by atoms with Crippen LogP contribution in [0.3, 0.4) is 0 Å². The second kappa shape index (κ2) is 8.63. The normalized spacial score (nSPS) is 15.6. The zero-order valence-corrected chi connectivity index (χ0v) is 16.6. The second-order valence-electron chi connectivity index (χ2n) is 6.65. The van der Waals surface area contributed by atoms with Gasteiger partial charge < -0.3 is 19.5 Å². The highest BCUT2D eigenvalue weighted by Crippen LogP contribution is 2.37. The lowest BCUT2D eigenvalue weighted by molar-refractivity contribution is -0.142. The molecule has 1 atom stereocenters. The number of rotatable bonds is 6. The van der Waals surface area contributed by atoms with E-state index in [0.717, 1.165) is 46.7 Å². The lowest BCUT2D eigenvalue weighted by Crippen LogP contribution is -2.27. The van der Waals surface area contributed by atoms with Gasteiger partial charge in [-0.25, -0.2) is 4.79 Å². The minimum atomic E-state index is -0.392. The molecular formula is C21H24ClNO4. The predicted octanol–water partition coefficient (Wildman–Crippen LogP) is 4.12. The molecule has 27 heavy (non-hydrogen) atoms. The molecule has 0 spiro atoms. The van der Waals surface area contributed by atoms with E-state index in [2.05, 4.69) is 28.3 Å². The van der Waals surface area contributed by atoms with Crippen molar-refractivity contribution in [3.63, 3.8) is 0 Å². The number of benzene rings is 2. The number of halogens is 1. The Labute approximate surface area is 164 Å². The van der Waals surface area contributed by atoms with Gasteiger partial charge in [0, 0.05) is 24.6 Å². The molecule has 0 aliphatic carbocycles. The van der Waals surface area contributed by atoms with E-state index in [9.17, 15) is 4.79 Å². The zero-order chi connectivity index (χ0) is 19.4. The number of carbonyl (C=O) groups is 1. The van der Waals surface area contributed by atoms with Gasteiger partial charge in [-0.3, -0.25) is 0 Å². The third kappa shape index (κ3) is 4.54. The molecule has 2 aromatic carbocycles. The molecule has 3 rings (SSSR count). The lowest BCUT2D eigenvalue weighted by Gasteiger charge is -2.27. The summed E-state index contributed by atoms with van der Waals surface area (Å²) >= 11 is 6.25. The van der Waals surface area contributed by atoms with Gasteiger partial charge in [0.05, 0.1) is 18.7 Å². The standard InChI is InChI=1S/C21H24ClNO4/c1-13-9-15(10-14(2)20(13)27-12-19(24)25-3)11-23-18-7-8-26-21-16(18)5-4-6-17(21)22/h4-6,9-10,18,23H,7-8,11-12H2,1-3H3. The fourth-order valence-corrected chi connectivity index (χ4v) is 3.64. The minimum absolute atomic E-state index is 0.0879. The molecule has 5 nitrogen and oxygen atoms in total. The predicted molar refractivity (Wildman–Crippen MR) is 105 cm³/mol. The zero-order valence-electron chi connectivity index (χ0n) is 15.8. The van der Waals surface area contributed by atoms with Gasteiger partial charge in [-0.05, 0) is 36.6 Å². The van der Waals surface area contributed by atoms with Gasteiger partial charge in [0.25, 0.3) is 0 Å². The molecule has 1 N–H and O–H groups in total. The van der Waals surface area contributed by atoms with Crippen LogP contribution in [0, 0.1) is 13.8 Å². The number of nitrogens with one attached hydrogen (secondary N) is 1. The van der Waals surface area contributed by atoms with Crippen LogP contribution in [0.4, 0.5) is 0 Å². The molecule has 0 fully saturated rings. The van der Waals surface area contributed by atoms with Crippen LogP contribution in [0.2, 0.25) is 5.02 Å². The summed E-state index contributed by atoms with van der Waals surface area (Å²) in [6.07, 6.45) is 0.894. The summed E-state index contributed by atoms with van der Waals surface area (Å²) < 4.78 is 15.9. The average molecular weight is 390 g/mol. The molecule has 0 amide bonds. The SMILES string of the molecule is COC(=O)COc1c(C)cc(CNC2CCOc3c(Cl)cccc32)cc1C. The van der Waals surface area contributed by atoms with Crippen LogP contribution in [0.5, 0.6) is 11.5 Å². The molecule has 0 saturated heterocycles. The van der Waals surface area contributed by atoms with Crippen LogP contribution >= 0.6 is 11.6 Å². The highest BCUT2D eigenvalue weighted by Gasteiger charge is 2.23. The van der Waals surface area contributed by atoms with E-state index in [1.165, 1.54) is 7.11 Å². The molecule has 1 aliphatic rings. The van der Waals surface area contributed by atoms with E-state index in [4.69, 9.17) is 21.1 Å². The third-order valence-electron chi connectivity index (χ3n) is 4.66. The smallest absolute Gasteiger partial charge is 0.343 e. The van der Waals surface area contributed by atoms with E-state index in [1.807, 2.05) is 26.0 Å². The summed E-state index contributed by atoms with van der Waals surface area (Å²) in [5, 5.41) is 4.25. The summed E-state index contributed by atoms with van der Waals surface area (Å²) in [7, 11) is 1.35. The van der Waals surface area contributed by atoms with Crippen molar-refractivity contribution in [3.8, 4) is 11.5 Å². The molecule has 2 aromatic rings. The van der Waals surface area contributed by atoms with Crippen LogP contribution in [0.15, 0.2) is 30.3 Å². The topological polar surface area (TPSA) is 56.8 Å². The van der Waals surface area contributed by atoms with Crippen LogP contribution in [0.1, 0.15) is 34.7 Å². The third-order valence-corrected chi connectivity index (χ3v) is 4.96. The molecule has 1 aliphatic heterocycles. The fourth-order valence-electron chi connectivity index (χ4n) is 3.40. The highest BCUT2D eigenvalue weighted by atomic mass is 35.5. The highest BCUT2D eigenvalue weighted by molar-refractivity contribution is 6.32. The summed E-state index contributed by atoms with van der Waals surface area (Å²) in [5.41, 5.74) is 4.24. The number of fused-ring (bicyclic) bond motifs is 1. The van der Waals surface area contributed by atoms with Crippen molar-refractivity contribution >= 4 is 17.6 Å². The summed E-state index contributed by atoms with van der Waals surface area (Å²) in [6, 6.07) is 10.2. The number of hydrogen-bond donors (Lipinski definition) is 1. The van der Waals surface area contributed by atoms with E-state index in [0.29, 0.717) is 11.6 Å². The van der Waals surface area contributed by atoms with Gasteiger partial charge in [0.15, 0.2) is 6.61 Å². The van der Waals surface area contributed by atoms with Crippen LogP contribution < -0.4 is 14.8 Å². The Balaban J connectivity index is 1.69. The van der Waals surface area contributed by atoms with Crippen molar-refractivity contribution in [2.45, 2.75) is 32.9 Å². The average Bonchev–Trinajstić information content (AvgIpc) is 2.66. The Kier molecular flexibility index (Phi) is 6.24. The van der Waals surface area contributed by atoms with Crippen molar-refractivity contribution in [3.05, 3.63) is 57.6 Å². The number of aryl methyl sites for hydroxylation is 2. The Hall–Kier alpha value is -2.24. The Bertz CT molecular complexity index is 814. The maximum Gasteiger partial charge on any atom is 0.343 e. The van der Waals surface area contributed by atoms with Crippen molar-refractivity contribution in [2.75, 3.05) is 20.3 Å². The molecule has 6 heteroatoms. The number of para-hydroxylation sites is 1. The van der Waals surface area contributed by atoms with Crippen molar-refractivity contribution in [2.24, 2.45) is 0 Å². The number of carbonyl (C=O) groups excluding carboxylic acids is 1. The molecule has 0 radical (unpaired) electrons. The first-order valence-corrected chi connectivity index (χ1v) is 9.31.